The molecule has 0 fully saturated rings. The molecule has 0 amide bonds. The Morgan fingerprint density at radius 3 is 2.36 bits per heavy atom. The predicted molar refractivity (Wildman–Crippen MR) is 124 cm³/mol. The summed E-state index contributed by atoms with van der Waals surface area (Å²) in [6, 6.07) is 2.15. The highest BCUT2D eigenvalue weighted by atomic mass is 19.1. The van der Waals surface area contributed by atoms with Gasteiger partial charge in [0.25, 0.3) is 0 Å². The third-order valence-electron chi connectivity index (χ3n) is 5.77. The number of halogens is 1. The maximum Gasteiger partial charge on any atom is 0.129 e. The summed E-state index contributed by atoms with van der Waals surface area (Å²) in [5, 5.41) is 0. The van der Waals surface area contributed by atoms with Gasteiger partial charge in [-0.2, -0.15) is 0 Å². The van der Waals surface area contributed by atoms with Crippen LogP contribution in [0, 0.1) is 18.2 Å². The fraction of sp³-hybridized carbons (Fsp3) is 0.630. The van der Waals surface area contributed by atoms with E-state index in [-0.39, 0.29) is 11.2 Å². The van der Waals surface area contributed by atoms with Crippen molar-refractivity contribution in [3.05, 3.63) is 51.9 Å². The number of rotatable bonds is 8. The van der Waals surface area contributed by atoms with E-state index in [0.29, 0.717) is 0 Å². The van der Waals surface area contributed by atoms with Crippen molar-refractivity contribution in [3.63, 3.8) is 0 Å². The maximum absolute atomic E-state index is 14.7. The van der Waals surface area contributed by atoms with Crippen molar-refractivity contribution in [3.8, 4) is 0 Å². The molecule has 1 heteroatoms. The molecular weight excluding hydrogens is 343 g/mol. The van der Waals surface area contributed by atoms with Crippen molar-refractivity contribution in [2.75, 3.05) is 0 Å². The van der Waals surface area contributed by atoms with Crippen LogP contribution in [0.1, 0.15) is 109 Å². The summed E-state index contributed by atoms with van der Waals surface area (Å²) in [7, 11) is 0. The molecule has 0 heterocycles. The zero-order valence-corrected chi connectivity index (χ0v) is 19.6. The van der Waals surface area contributed by atoms with Gasteiger partial charge in [-0.15, -0.1) is 0 Å². The minimum atomic E-state index is 0.0163. The second kappa shape index (κ2) is 12.2. The normalized spacial score (nSPS) is 17.6. The highest BCUT2D eigenvalue weighted by molar-refractivity contribution is 5.62. The predicted octanol–water partition coefficient (Wildman–Crippen LogP) is 9.00. The van der Waals surface area contributed by atoms with Crippen LogP contribution >= 0.6 is 0 Å². The SMILES string of the molecule is CCCC.CCCCCc1cc2c(c(C)c1F)C=CC(C)(CCC=C(C)C)C2. The first-order valence-corrected chi connectivity index (χ1v) is 11.4. The van der Waals surface area contributed by atoms with Crippen LogP contribution in [0.2, 0.25) is 0 Å². The van der Waals surface area contributed by atoms with Crippen LogP contribution in [0.5, 0.6) is 0 Å². The number of benzene rings is 1. The molecule has 0 aliphatic heterocycles. The van der Waals surface area contributed by atoms with E-state index >= 15 is 0 Å². The molecule has 0 bridgehead atoms. The number of fused-ring (bicyclic) bond motifs is 1. The molecule has 0 N–H and O–H groups in total. The lowest BCUT2D eigenvalue weighted by Crippen LogP contribution is -2.21. The van der Waals surface area contributed by atoms with Crippen molar-refractivity contribution in [1.29, 1.82) is 0 Å². The van der Waals surface area contributed by atoms with Crippen LogP contribution in [0.4, 0.5) is 4.39 Å². The third kappa shape index (κ3) is 7.57. The van der Waals surface area contributed by atoms with Gasteiger partial charge in [-0.05, 0) is 80.5 Å². The average molecular weight is 387 g/mol. The van der Waals surface area contributed by atoms with Crippen molar-refractivity contribution in [1.82, 2.24) is 0 Å². The fourth-order valence-corrected chi connectivity index (χ4v) is 3.72. The minimum absolute atomic E-state index is 0.0163. The van der Waals surface area contributed by atoms with Crippen LogP contribution in [-0.2, 0) is 12.8 Å². The van der Waals surface area contributed by atoms with E-state index in [1.165, 1.54) is 36.8 Å². The molecule has 0 saturated heterocycles. The van der Waals surface area contributed by atoms with Crippen LogP contribution in [0.15, 0.2) is 23.8 Å². The van der Waals surface area contributed by atoms with E-state index in [2.05, 4.69) is 65.8 Å². The molecule has 1 unspecified atom stereocenters. The lowest BCUT2D eigenvalue weighted by atomic mass is 9.73. The third-order valence-corrected chi connectivity index (χ3v) is 5.77. The van der Waals surface area contributed by atoms with Crippen molar-refractivity contribution < 1.29 is 4.39 Å². The van der Waals surface area contributed by atoms with Crippen molar-refractivity contribution >= 4 is 6.08 Å². The zero-order chi connectivity index (χ0) is 21.2. The molecule has 1 aliphatic rings. The summed E-state index contributed by atoms with van der Waals surface area (Å²) in [5.74, 6) is 0.0163. The van der Waals surface area contributed by atoms with Crippen molar-refractivity contribution in [2.45, 2.75) is 106 Å². The number of hydrogen-bond acceptors (Lipinski definition) is 0. The Morgan fingerprint density at radius 1 is 1.11 bits per heavy atom. The Bertz CT molecular complexity index is 659. The minimum Gasteiger partial charge on any atom is -0.206 e. The standard InChI is InChI=1S/C23H33F.C4H10/c1-6-7-8-11-19-15-20-16-23(5,13-9-10-17(2)3)14-12-21(20)18(4)22(19)24;1-3-4-2/h10,12,14-15H,6-9,11,13,16H2,1-5H3;3-4H2,1-2H3. The molecule has 0 saturated carbocycles. The van der Waals surface area contributed by atoms with Gasteiger partial charge in [-0.1, -0.05) is 83.2 Å². The quantitative estimate of drug-likeness (QED) is 0.309. The van der Waals surface area contributed by atoms with Gasteiger partial charge in [0, 0.05) is 0 Å². The van der Waals surface area contributed by atoms with E-state index in [0.717, 1.165) is 48.8 Å². The first-order valence-electron chi connectivity index (χ1n) is 11.4. The van der Waals surface area contributed by atoms with E-state index in [1.54, 1.807) is 0 Å². The van der Waals surface area contributed by atoms with Gasteiger partial charge in [-0.25, -0.2) is 4.39 Å². The largest absolute Gasteiger partial charge is 0.206 e. The fourth-order valence-electron chi connectivity index (χ4n) is 3.72. The highest BCUT2D eigenvalue weighted by Gasteiger charge is 2.27. The average Bonchev–Trinajstić information content (AvgIpc) is 2.65. The lowest BCUT2D eigenvalue weighted by Gasteiger charge is -2.31. The molecule has 1 aromatic carbocycles. The van der Waals surface area contributed by atoms with E-state index in [1.807, 2.05) is 6.92 Å². The second-order valence-corrected chi connectivity index (χ2v) is 8.99. The Kier molecular flexibility index (Phi) is 10.8. The molecule has 0 nitrogen and oxygen atoms in total. The molecule has 1 atom stereocenters. The lowest BCUT2D eigenvalue weighted by molar-refractivity contribution is 0.389. The Hall–Kier alpha value is -1.37. The summed E-state index contributed by atoms with van der Waals surface area (Å²) in [4.78, 5) is 0. The molecule has 1 aromatic rings. The van der Waals surface area contributed by atoms with Gasteiger partial charge < -0.3 is 0 Å². The van der Waals surface area contributed by atoms with Crippen LogP contribution < -0.4 is 0 Å². The van der Waals surface area contributed by atoms with E-state index < -0.39 is 0 Å². The molecule has 158 valence electrons. The van der Waals surface area contributed by atoms with Gasteiger partial charge in [-0.3, -0.25) is 0 Å². The van der Waals surface area contributed by atoms with Gasteiger partial charge in [0.1, 0.15) is 5.82 Å². The second-order valence-electron chi connectivity index (χ2n) is 8.99. The topological polar surface area (TPSA) is 0 Å². The maximum atomic E-state index is 14.7. The first-order chi connectivity index (χ1) is 13.3. The Morgan fingerprint density at radius 2 is 1.79 bits per heavy atom. The van der Waals surface area contributed by atoms with Gasteiger partial charge in [0.2, 0.25) is 0 Å². The van der Waals surface area contributed by atoms with Crippen LogP contribution in [-0.4, -0.2) is 0 Å². The van der Waals surface area contributed by atoms with E-state index in [9.17, 15) is 4.39 Å². The smallest absolute Gasteiger partial charge is 0.129 e. The zero-order valence-electron chi connectivity index (χ0n) is 19.6. The number of allylic oxidation sites excluding steroid dienone is 3. The monoisotopic (exact) mass is 386 g/mol. The summed E-state index contributed by atoms with van der Waals surface area (Å²) in [6.45, 7) is 15.1. The number of hydrogen-bond donors (Lipinski definition) is 0. The summed E-state index contributed by atoms with van der Waals surface area (Å²) in [5.41, 5.74) is 5.77. The molecule has 0 aromatic heterocycles. The summed E-state index contributed by atoms with van der Waals surface area (Å²) < 4.78 is 14.7. The van der Waals surface area contributed by atoms with Gasteiger partial charge >= 0.3 is 0 Å². The molecule has 1 aliphatic carbocycles. The van der Waals surface area contributed by atoms with Gasteiger partial charge in [0.05, 0.1) is 0 Å². The summed E-state index contributed by atoms with van der Waals surface area (Å²) in [6.07, 6.45) is 17.0. The number of aryl methyl sites for hydroxylation is 1. The molecule has 0 spiro atoms. The Balaban J connectivity index is 0.000000892. The molecule has 28 heavy (non-hydrogen) atoms. The van der Waals surface area contributed by atoms with Crippen molar-refractivity contribution in [2.24, 2.45) is 5.41 Å². The number of unbranched alkanes of at least 4 members (excludes halogenated alkanes) is 3. The highest BCUT2D eigenvalue weighted by Crippen LogP contribution is 2.39. The molecule has 2 rings (SSSR count). The van der Waals surface area contributed by atoms with Gasteiger partial charge in [0.15, 0.2) is 0 Å². The first kappa shape index (κ1) is 24.7. The van der Waals surface area contributed by atoms with Crippen LogP contribution in [0.25, 0.3) is 6.08 Å². The van der Waals surface area contributed by atoms with E-state index in [4.69, 9.17) is 0 Å². The van der Waals surface area contributed by atoms with Crippen LogP contribution in [0.3, 0.4) is 0 Å². The Labute approximate surface area is 174 Å². The molecule has 0 radical (unpaired) electrons. The summed E-state index contributed by atoms with van der Waals surface area (Å²) >= 11 is 0. The molecular formula is C27H43F.